The number of nitrogens with one attached hydrogen (secondary N) is 1. The molecule has 7 heteroatoms. The van der Waals surface area contributed by atoms with Crippen molar-refractivity contribution >= 4 is 23.2 Å². The third-order valence-corrected chi connectivity index (χ3v) is 6.26. The predicted octanol–water partition coefficient (Wildman–Crippen LogP) is 5.95. The highest BCUT2D eigenvalue weighted by Gasteiger charge is 2.29. The first-order chi connectivity index (χ1) is 16.8. The van der Waals surface area contributed by atoms with E-state index in [4.69, 9.17) is 9.47 Å². The number of ketones is 1. The average molecular weight is 474 g/mol. The van der Waals surface area contributed by atoms with Gasteiger partial charge in [-0.2, -0.15) is 0 Å². The van der Waals surface area contributed by atoms with Gasteiger partial charge in [0.05, 0.1) is 17.6 Å². The van der Waals surface area contributed by atoms with Gasteiger partial charge in [-0.3, -0.25) is 9.69 Å². The normalized spacial score (nSPS) is 15.1. The van der Waals surface area contributed by atoms with Crippen molar-refractivity contribution in [1.82, 2.24) is 4.98 Å². The molecule has 2 amide bonds. The van der Waals surface area contributed by atoms with Crippen molar-refractivity contribution in [1.29, 1.82) is 0 Å². The molecule has 35 heavy (non-hydrogen) atoms. The summed E-state index contributed by atoms with van der Waals surface area (Å²) in [5.41, 5.74) is 2.73. The SMILES string of the molecule is CCC1CN(C(=O)Nc2ccccc2)c2ccc(-c3ccc(OCC(C)(C)C(C)=O)nc3)cc2O1. The Morgan fingerprint density at radius 2 is 1.86 bits per heavy atom. The highest BCUT2D eigenvalue weighted by atomic mass is 16.5. The Labute approximate surface area is 206 Å². The quantitative estimate of drug-likeness (QED) is 0.458. The number of pyridine rings is 1. The largest absolute Gasteiger partial charge is 0.486 e. The van der Waals surface area contributed by atoms with Crippen molar-refractivity contribution in [2.24, 2.45) is 5.41 Å². The summed E-state index contributed by atoms with van der Waals surface area (Å²) in [7, 11) is 0. The van der Waals surface area contributed by atoms with Gasteiger partial charge in [-0.05, 0) is 63.1 Å². The molecular weight excluding hydrogens is 442 g/mol. The number of carbonyl (C=O) groups excluding carboxylic acids is 2. The summed E-state index contributed by atoms with van der Waals surface area (Å²) in [5.74, 6) is 1.19. The van der Waals surface area contributed by atoms with E-state index in [9.17, 15) is 9.59 Å². The molecule has 0 aliphatic carbocycles. The Hall–Kier alpha value is -3.87. The number of benzene rings is 2. The Morgan fingerprint density at radius 3 is 2.51 bits per heavy atom. The van der Waals surface area contributed by atoms with Crippen LogP contribution in [-0.4, -0.2) is 36.1 Å². The van der Waals surface area contributed by atoms with E-state index in [1.54, 1.807) is 24.1 Å². The van der Waals surface area contributed by atoms with Gasteiger partial charge in [0, 0.05) is 23.5 Å². The van der Waals surface area contributed by atoms with Crippen molar-refractivity contribution in [2.45, 2.75) is 40.2 Å². The van der Waals surface area contributed by atoms with Crippen molar-refractivity contribution in [2.75, 3.05) is 23.4 Å². The lowest BCUT2D eigenvalue weighted by Crippen LogP contribution is -2.45. The van der Waals surface area contributed by atoms with E-state index >= 15 is 0 Å². The van der Waals surface area contributed by atoms with Crippen LogP contribution in [0.4, 0.5) is 16.2 Å². The minimum Gasteiger partial charge on any atom is -0.486 e. The van der Waals surface area contributed by atoms with Crippen molar-refractivity contribution in [3.63, 3.8) is 0 Å². The number of urea groups is 1. The smallest absolute Gasteiger partial charge is 0.326 e. The van der Waals surface area contributed by atoms with Crippen LogP contribution in [0.1, 0.15) is 34.1 Å². The molecular formula is C28H31N3O4. The lowest BCUT2D eigenvalue weighted by molar-refractivity contribution is -0.126. The Morgan fingerprint density at radius 1 is 1.11 bits per heavy atom. The van der Waals surface area contributed by atoms with Crippen LogP contribution in [0.3, 0.4) is 0 Å². The number of amides is 2. The summed E-state index contributed by atoms with van der Waals surface area (Å²) in [6.07, 6.45) is 2.42. The molecule has 0 saturated carbocycles. The number of hydrogen-bond acceptors (Lipinski definition) is 5. The molecule has 0 fully saturated rings. The second kappa shape index (κ2) is 10.2. The van der Waals surface area contributed by atoms with Gasteiger partial charge in [0.15, 0.2) is 0 Å². The maximum Gasteiger partial charge on any atom is 0.326 e. The molecule has 2 aromatic carbocycles. The fourth-order valence-electron chi connectivity index (χ4n) is 3.64. The lowest BCUT2D eigenvalue weighted by atomic mass is 9.90. The van der Waals surface area contributed by atoms with Crippen molar-refractivity contribution in [3.8, 4) is 22.8 Å². The van der Waals surface area contributed by atoms with Crippen LogP contribution in [-0.2, 0) is 4.79 Å². The number of hydrogen-bond donors (Lipinski definition) is 1. The second-order valence-electron chi connectivity index (χ2n) is 9.35. The number of aromatic nitrogens is 1. The van der Waals surface area contributed by atoms with E-state index in [2.05, 4.69) is 10.3 Å². The molecule has 3 aromatic rings. The maximum absolute atomic E-state index is 13.1. The van der Waals surface area contributed by atoms with E-state index < -0.39 is 5.41 Å². The van der Waals surface area contributed by atoms with Crippen LogP contribution in [0.2, 0.25) is 0 Å². The van der Waals surface area contributed by atoms with Crippen molar-refractivity contribution in [3.05, 3.63) is 66.9 Å². The first kappa shape index (κ1) is 24.3. The zero-order valence-electron chi connectivity index (χ0n) is 20.6. The summed E-state index contributed by atoms with van der Waals surface area (Å²) in [6, 6.07) is 18.7. The van der Waals surface area contributed by atoms with Crippen LogP contribution < -0.4 is 19.7 Å². The molecule has 2 heterocycles. The molecule has 0 radical (unpaired) electrons. The van der Waals surface area contributed by atoms with Gasteiger partial charge < -0.3 is 14.8 Å². The van der Waals surface area contributed by atoms with E-state index in [1.165, 1.54) is 0 Å². The number of nitrogens with zero attached hydrogens (tertiary/aromatic N) is 2. The zero-order valence-corrected chi connectivity index (χ0v) is 20.6. The van der Waals surface area contributed by atoms with Crippen LogP contribution in [0.25, 0.3) is 11.1 Å². The molecule has 0 spiro atoms. The maximum atomic E-state index is 13.1. The average Bonchev–Trinajstić information content (AvgIpc) is 2.87. The van der Waals surface area contributed by atoms with Crippen LogP contribution in [0, 0.1) is 5.41 Å². The fraction of sp³-hybridized carbons (Fsp3) is 0.321. The molecule has 7 nitrogen and oxygen atoms in total. The summed E-state index contributed by atoms with van der Waals surface area (Å²) in [5, 5.41) is 2.97. The van der Waals surface area contributed by atoms with E-state index in [0.717, 1.165) is 28.9 Å². The number of ether oxygens (including phenoxy) is 2. The molecule has 4 rings (SSSR count). The van der Waals surface area contributed by atoms with E-state index in [0.29, 0.717) is 18.2 Å². The van der Waals surface area contributed by atoms with Gasteiger partial charge in [0.25, 0.3) is 0 Å². The van der Waals surface area contributed by atoms with E-state index in [-0.39, 0.29) is 24.5 Å². The molecule has 0 saturated heterocycles. The second-order valence-corrected chi connectivity index (χ2v) is 9.35. The summed E-state index contributed by atoms with van der Waals surface area (Å²) in [6.45, 7) is 8.05. The zero-order chi connectivity index (χ0) is 25.0. The summed E-state index contributed by atoms with van der Waals surface area (Å²) < 4.78 is 11.9. The highest BCUT2D eigenvalue weighted by Crippen LogP contribution is 2.38. The highest BCUT2D eigenvalue weighted by molar-refractivity contribution is 6.03. The van der Waals surface area contributed by atoms with Gasteiger partial charge in [-0.1, -0.05) is 31.2 Å². The van der Waals surface area contributed by atoms with Gasteiger partial charge in [-0.25, -0.2) is 9.78 Å². The molecule has 0 bridgehead atoms. The first-order valence-electron chi connectivity index (χ1n) is 11.8. The monoisotopic (exact) mass is 473 g/mol. The molecule has 1 unspecified atom stereocenters. The Kier molecular flexibility index (Phi) is 7.05. The van der Waals surface area contributed by atoms with Gasteiger partial charge in [0.2, 0.25) is 5.88 Å². The van der Waals surface area contributed by atoms with Crippen LogP contribution in [0.15, 0.2) is 66.9 Å². The van der Waals surface area contributed by atoms with Gasteiger partial charge in [0.1, 0.15) is 24.2 Å². The van der Waals surface area contributed by atoms with Crippen LogP contribution in [0.5, 0.6) is 11.6 Å². The van der Waals surface area contributed by atoms with Gasteiger partial charge >= 0.3 is 6.03 Å². The van der Waals surface area contributed by atoms with E-state index in [1.807, 2.05) is 75.4 Å². The molecule has 1 aliphatic heterocycles. The summed E-state index contributed by atoms with van der Waals surface area (Å²) in [4.78, 5) is 30.9. The Balaban J connectivity index is 1.53. The fourth-order valence-corrected chi connectivity index (χ4v) is 3.64. The number of para-hydroxylation sites is 1. The number of carbonyl (C=O) groups is 2. The molecule has 1 aromatic heterocycles. The Bertz CT molecular complexity index is 1190. The number of anilines is 2. The minimum absolute atomic E-state index is 0.0695. The van der Waals surface area contributed by atoms with Crippen molar-refractivity contribution < 1.29 is 19.1 Å². The molecule has 1 N–H and O–H groups in total. The molecule has 1 aliphatic rings. The third kappa shape index (κ3) is 5.62. The number of Topliss-reactive ketones (excluding diaryl/α,β-unsaturated/α-hetero) is 1. The predicted molar refractivity (Wildman–Crippen MR) is 137 cm³/mol. The topological polar surface area (TPSA) is 80.8 Å². The number of fused-ring (bicyclic) bond motifs is 1. The molecule has 182 valence electrons. The van der Waals surface area contributed by atoms with Crippen LogP contribution >= 0.6 is 0 Å². The first-order valence-corrected chi connectivity index (χ1v) is 11.8. The van der Waals surface area contributed by atoms with Gasteiger partial charge in [-0.15, -0.1) is 0 Å². The molecule has 1 atom stereocenters. The lowest BCUT2D eigenvalue weighted by Gasteiger charge is -2.34. The minimum atomic E-state index is -0.565. The summed E-state index contributed by atoms with van der Waals surface area (Å²) >= 11 is 0. The third-order valence-electron chi connectivity index (χ3n) is 6.26. The number of rotatable bonds is 7. The standard InChI is InChI=1S/C28H31N3O4/c1-5-23-17-31(27(33)30-22-9-7-6-8-10-22)24-13-11-20(15-25(24)35-23)21-12-14-26(29-16-21)34-18-28(3,4)19(2)32/h6-16,23H,5,17-18H2,1-4H3,(H,30,33).